The van der Waals surface area contributed by atoms with Gasteiger partial charge < -0.3 is 14.6 Å². The lowest BCUT2D eigenvalue weighted by atomic mass is 10.1. The highest BCUT2D eigenvalue weighted by atomic mass is 32.2. The van der Waals surface area contributed by atoms with Gasteiger partial charge in [0.05, 0.1) is 23.2 Å². The number of methoxy groups -OCH3 is 1. The van der Waals surface area contributed by atoms with Crippen LogP contribution < -0.4 is 14.4 Å². The lowest BCUT2D eigenvalue weighted by Gasteiger charge is -2.17. The van der Waals surface area contributed by atoms with Gasteiger partial charge in [-0.25, -0.2) is 8.42 Å². The van der Waals surface area contributed by atoms with E-state index in [0.29, 0.717) is 11.1 Å². The second-order valence-electron chi connectivity index (χ2n) is 8.38. The Morgan fingerprint density at radius 1 is 0.848 bits per heavy atom. The van der Waals surface area contributed by atoms with Gasteiger partial charge >= 0.3 is 0 Å². The Balaban J connectivity index is 1.61. The zero-order valence-corrected chi connectivity index (χ0v) is 19.7. The molecule has 0 aliphatic carbocycles. The summed E-state index contributed by atoms with van der Waals surface area (Å²) in [7, 11) is 1.71. The van der Waals surface area contributed by atoms with Crippen LogP contribution >= 0.6 is 0 Å². The van der Waals surface area contributed by atoms with Crippen LogP contribution in [0.2, 0.25) is 0 Å². The Morgan fingerprint density at radius 2 is 1.58 bits per heavy atom. The number of hydrogen-bond acceptors (Lipinski definition) is 4. The van der Waals surface area contributed by atoms with Gasteiger partial charge in [-0.2, -0.15) is 0 Å². The summed E-state index contributed by atoms with van der Waals surface area (Å²) in [5.74, 6) is 0.764. The number of ether oxygens (including phenoxy) is 1. The summed E-state index contributed by atoms with van der Waals surface area (Å²) >= 11 is 0. The number of H-pyrrole nitrogens is 1. The normalized spacial score (nSPS) is 11.9. The van der Waals surface area contributed by atoms with Crippen molar-refractivity contribution in [3.8, 4) is 5.75 Å². The van der Waals surface area contributed by atoms with Crippen molar-refractivity contribution in [2.75, 3.05) is 30.8 Å². The van der Waals surface area contributed by atoms with E-state index in [1.165, 1.54) is 0 Å². The Bertz CT molecular complexity index is 1640. The summed E-state index contributed by atoms with van der Waals surface area (Å²) in [6.07, 6.45) is 0. The van der Waals surface area contributed by atoms with Gasteiger partial charge in [0.15, 0.2) is 0 Å². The number of nitrogens with one attached hydrogen (secondary N) is 2. The summed E-state index contributed by atoms with van der Waals surface area (Å²) in [6, 6.07) is 20.8. The molecule has 1 heterocycles. The highest BCUT2D eigenvalue weighted by molar-refractivity contribution is 7.93. The number of fused-ring (bicyclic) bond motifs is 4. The minimum atomic E-state index is -3.82. The van der Waals surface area contributed by atoms with E-state index in [4.69, 9.17) is 4.74 Å². The number of aromatic amines is 1. The van der Waals surface area contributed by atoms with Gasteiger partial charge in [0, 0.05) is 52.9 Å². The Hall–Kier alpha value is -3.71. The zero-order valence-electron chi connectivity index (χ0n) is 18.9. The summed E-state index contributed by atoms with van der Waals surface area (Å²) in [5.41, 5.74) is 4.15. The zero-order chi connectivity index (χ0) is 23.3. The third kappa shape index (κ3) is 3.54. The topological polar surface area (TPSA) is 74.4 Å². The monoisotopic (exact) mass is 459 g/mol. The molecule has 0 radical (unpaired) electrons. The lowest BCUT2D eigenvalue weighted by Crippen LogP contribution is -2.15. The van der Waals surface area contributed by atoms with Gasteiger partial charge in [-0.15, -0.1) is 0 Å². The summed E-state index contributed by atoms with van der Waals surface area (Å²) < 4.78 is 35.1. The number of anilines is 2. The molecule has 0 fully saturated rings. The van der Waals surface area contributed by atoms with Crippen molar-refractivity contribution in [2.24, 2.45) is 0 Å². The number of benzene rings is 4. The molecule has 4 aromatic carbocycles. The minimum absolute atomic E-state index is 0.254. The maximum Gasteiger partial charge on any atom is 0.262 e. The fourth-order valence-electron chi connectivity index (χ4n) is 4.37. The fourth-order valence-corrected chi connectivity index (χ4v) is 5.71. The molecule has 2 N–H and O–H groups in total. The quantitative estimate of drug-likeness (QED) is 0.356. The van der Waals surface area contributed by atoms with Crippen LogP contribution in [0.15, 0.2) is 71.6 Å². The van der Waals surface area contributed by atoms with E-state index in [1.807, 2.05) is 80.5 Å². The van der Waals surface area contributed by atoms with Gasteiger partial charge in [0.1, 0.15) is 5.75 Å². The summed E-state index contributed by atoms with van der Waals surface area (Å²) in [6.45, 7) is 1.91. The van der Waals surface area contributed by atoms with Crippen LogP contribution in [-0.2, 0) is 10.0 Å². The molecule has 5 aromatic rings. The molecular formula is C26H25N3O3S. The third-order valence-electron chi connectivity index (χ3n) is 6.03. The van der Waals surface area contributed by atoms with Crippen LogP contribution in [-0.4, -0.2) is 34.6 Å². The number of aryl methyl sites for hydroxylation is 1. The average molecular weight is 460 g/mol. The van der Waals surface area contributed by atoms with E-state index in [1.54, 1.807) is 19.2 Å². The molecule has 0 amide bonds. The largest absolute Gasteiger partial charge is 0.497 e. The van der Waals surface area contributed by atoms with Crippen LogP contribution in [0.5, 0.6) is 5.75 Å². The van der Waals surface area contributed by atoms with Crippen molar-refractivity contribution in [1.29, 1.82) is 0 Å². The maximum absolute atomic E-state index is 13.5. The molecule has 0 unspecified atom stereocenters. The molecule has 6 nitrogen and oxygen atoms in total. The molecule has 0 spiro atoms. The molecule has 0 atom stereocenters. The van der Waals surface area contributed by atoms with Crippen LogP contribution in [0.4, 0.5) is 11.4 Å². The predicted octanol–water partition coefficient (Wildman–Crippen LogP) is 5.66. The number of rotatable bonds is 5. The van der Waals surface area contributed by atoms with Crippen LogP contribution in [0.25, 0.3) is 32.6 Å². The van der Waals surface area contributed by atoms with E-state index in [2.05, 4.69) is 9.71 Å². The highest BCUT2D eigenvalue weighted by Crippen LogP contribution is 2.34. The molecule has 1 aromatic heterocycles. The molecule has 0 aliphatic heterocycles. The summed E-state index contributed by atoms with van der Waals surface area (Å²) in [5, 5.41) is 3.68. The highest BCUT2D eigenvalue weighted by Gasteiger charge is 2.20. The van der Waals surface area contributed by atoms with E-state index < -0.39 is 10.0 Å². The minimum Gasteiger partial charge on any atom is -0.497 e. The molecular weight excluding hydrogens is 434 g/mol. The van der Waals surface area contributed by atoms with E-state index in [0.717, 1.165) is 44.2 Å². The van der Waals surface area contributed by atoms with Gasteiger partial charge in [-0.1, -0.05) is 24.3 Å². The molecule has 168 valence electrons. The number of nitrogens with zero attached hydrogens (tertiary/aromatic N) is 1. The number of sulfonamides is 1. The maximum atomic E-state index is 13.5. The smallest absolute Gasteiger partial charge is 0.262 e. The first kappa shape index (κ1) is 21.2. The number of aromatic nitrogens is 1. The average Bonchev–Trinajstić information content (AvgIpc) is 3.14. The predicted molar refractivity (Wildman–Crippen MR) is 136 cm³/mol. The van der Waals surface area contributed by atoms with Crippen LogP contribution in [0.1, 0.15) is 5.56 Å². The van der Waals surface area contributed by atoms with Crippen molar-refractivity contribution in [3.05, 3.63) is 72.3 Å². The molecule has 0 saturated heterocycles. The Kier molecular flexibility index (Phi) is 4.94. The van der Waals surface area contributed by atoms with Gasteiger partial charge in [-0.3, -0.25) is 4.72 Å². The van der Waals surface area contributed by atoms with Crippen LogP contribution in [0, 0.1) is 6.92 Å². The van der Waals surface area contributed by atoms with Crippen molar-refractivity contribution in [2.45, 2.75) is 11.8 Å². The lowest BCUT2D eigenvalue weighted by molar-refractivity contribution is 0.415. The van der Waals surface area contributed by atoms with Gasteiger partial charge in [0.2, 0.25) is 0 Å². The van der Waals surface area contributed by atoms with Crippen molar-refractivity contribution in [3.63, 3.8) is 0 Å². The SMILES string of the molecule is COc1ccc2c(c1)[nH]c1cc(NS(=O)(=O)c3cccc4c(N(C)C)cccc34)c(C)cc12. The van der Waals surface area contributed by atoms with E-state index in [9.17, 15) is 8.42 Å². The van der Waals surface area contributed by atoms with E-state index in [-0.39, 0.29) is 4.90 Å². The molecule has 33 heavy (non-hydrogen) atoms. The van der Waals surface area contributed by atoms with Crippen molar-refractivity contribution < 1.29 is 13.2 Å². The fraction of sp³-hybridized carbons (Fsp3) is 0.154. The Morgan fingerprint density at radius 3 is 2.33 bits per heavy atom. The molecule has 7 heteroatoms. The molecule has 0 aliphatic rings. The van der Waals surface area contributed by atoms with Gasteiger partial charge in [-0.05, 0) is 48.9 Å². The first-order valence-electron chi connectivity index (χ1n) is 10.6. The third-order valence-corrected chi connectivity index (χ3v) is 7.45. The van der Waals surface area contributed by atoms with E-state index >= 15 is 0 Å². The Labute approximate surface area is 192 Å². The van der Waals surface area contributed by atoms with Crippen molar-refractivity contribution >= 4 is 54.0 Å². The van der Waals surface area contributed by atoms with Crippen molar-refractivity contribution in [1.82, 2.24) is 4.98 Å². The molecule has 0 bridgehead atoms. The molecule has 5 rings (SSSR count). The van der Waals surface area contributed by atoms with Crippen LogP contribution in [0.3, 0.4) is 0 Å². The second kappa shape index (κ2) is 7.71. The number of hydrogen-bond donors (Lipinski definition) is 2. The van der Waals surface area contributed by atoms with Gasteiger partial charge in [0.25, 0.3) is 10.0 Å². The second-order valence-corrected chi connectivity index (χ2v) is 10.0. The molecule has 0 saturated carbocycles. The first-order chi connectivity index (χ1) is 15.8. The first-order valence-corrected chi connectivity index (χ1v) is 12.1. The summed E-state index contributed by atoms with van der Waals surface area (Å²) in [4.78, 5) is 5.61. The standard InChI is InChI=1S/C26H25N3O3S/c1-16-13-21-18-12-11-17(32-4)14-23(18)27-24(21)15-22(16)28-33(30,31)26-10-6-7-19-20(26)8-5-9-25(19)29(2)3/h5-15,27-28H,1-4H3.